The highest BCUT2D eigenvalue weighted by Crippen LogP contribution is 2.40. The number of rotatable bonds is 12. The van der Waals surface area contributed by atoms with Gasteiger partial charge < -0.3 is 52.7 Å². The fourth-order valence-corrected chi connectivity index (χ4v) is 6.75. The van der Waals surface area contributed by atoms with Crippen molar-refractivity contribution < 1.29 is 71.3 Å². The Morgan fingerprint density at radius 1 is 0.609 bits per heavy atom. The van der Waals surface area contributed by atoms with Crippen molar-refractivity contribution in [2.75, 3.05) is 13.2 Å². The molecule has 5 rings (SSSR count). The average molecular weight is 898 g/mol. The van der Waals surface area contributed by atoms with Gasteiger partial charge in [0.05, 0.1) is 34.9 Å². The Kier molecular flexibility index (Phi) is 16.1. The van der Waals surface area contributed by atoms with E-state index >= 15 is 0 Å². The van der Waals surface area contributed by atoms with Crippen molar-refractivity contribution in [1.29, 1.82) is 0 Å². The molecule has 3 fully saturated rings. The molecule has 0 radical (unpaired) electrons. The number of nitrogens with one attached hydrogen (secondary N) is 1. The normalized spacial score (nSPS) is 28.8. The van der Waals surface area contributed by atoms with E-state index in [2.05, 4.69) is 5.32 Å². The van der Waals surface area contributed by atoms with Gasteiger partial charge in [0.2, 0.25) is 5.91 Å². The highest BCUT2D eigenvalue weighted by atomic mass is 16.8. The van der Waals surface area contributed by atoms with E-state index < -0.39 is 126 Å². The first kappa shape index (κ1) is 50.5. The molecule has 64 heavy (non-hydrogen) atoms. The number of amides is 1. The number of hydrogen-bond acceptors (Lipinski definition) is 15. The number of ether oxygens (including phenoxy) is 10. The van der Waals surface area contributed by atoms with Crippen molar-refractivity contribution in [3.05, 3.63) is 71.8 Å². The van der Waals surface area contributed by atoms with Gasteiger partial charge in [-0.15, -0.1) is 0 Å². The highest BCUT2D eigenvalue weighted by Gasteiger charge is 2.59. The van der Waals surface area contributed by atoms with E-state index in [0.29, 0.717) is 5.56 Å². The molecule has 3 saturated heterocycles. The molecular weight excluding hydrogens is 831 g/mol. The summed E-state index contributed by atoms with van der Waals surface area (Å²) in [7, 11) is 0. The van der Waals surface area contributed by atoms with Crippen LogP contribution in [0.15, 0.2) is 60.7 Å². The van der Waals surface area contributed by atoms with E-state index in [0.717, 1.165) is 5.56 Å². The van der Waals surface area contributed by atoms with Gasteiger partial charge in [-0.05, 0) is 88.6 Å². The second-order valence-corrected chi connectivity index (χ2v) is 20.6. The number of benzene rings is 2. The van der Waals surface area contributed by atoms with Gasteiger partial charge in [0.1, 0.15) is 37.1 Å². The predicted octanol–water partition coefficient (Wildman–Crippen LogP) is 6.12. The Morgan fingerprint density at radius 3 is 1.66 bits per heavy atom. The first-order chi connectivity index (χ1) is 29.7. The van der Waals surface area contributed by atoms with Crippen molar-refractivity contribution in [2.45, 2.75) is 164 Å². The van der Waals surface area contributed by atoms with E-state index in [1.165, 1.54) is 6.92 Å². The van der Waals surface area contributed by atoms with Crippen LogP contribution in [0.2, 0.25) is 0 Å². The van der Waals surface area contributed by atoms with E-state index in [4.69, 9.17) is 47.4 Å². The maximum atomic E-state index is 14.0. The minimum absolute atomic E-state index is 0.0120. The number of hydrogen-bond donors (Lipinski definition) is 1. The lowest BCUT2D eigenvalue weighted by Gasteiger charge is -2.51. The summed E-state index contributed by atoms with van der Waals surface area (Å²) in [4.78, 5) is 68.2. The van der Waals surface area contributed by atoms with Crippen LogP contribution in [0.1, 0.15) is 107 Å². The van der Waals surface area contributed by atoms with E-state index in [1.54, 1.807) is 83.1 Å². The van der Waals surface area contributed by atoms with Crippen molar-refractivity contribution in [1.82, 2.24) is 5.32 Å². The Balaban J connectivity index is 1.67. The number of carbonyl (C=O) groups is 5. The van der Waals surface area contributed by atoms with E-state index in [1.807, 2.05) is 60.7 Å². The van der Waals surface area contributed by atoms with Gasteiger partial charge >= 0.3 is 23.9 Å². The van der Waals surface area contributed by atoms with Gasteiger partial charge in [-0.25, -0.2) is 0 Å². The molecule has 0 saturated carbocycles. The minimum Gasteiger partial charge on any atom is -0.462 e. The van der Waals surface area contributed by atoms with E-state index in [9.17, 15) is 24.0 Å². The lowest BCUT2D eigenvalue weighted by atomic mass is 9.92. The Morgan fingerprint density at radius 2 is 1.12 bits per heavy atom. The Bertz CT molecular complexity index is 1910. The molecular formula is C48H67NO15. The molecule has 0 spiro atoms. The van der Waals surface area contributed by atoms with Crippen LogP contribution in [0.5, 0.6) is 0 Å². The molecule has 1 unspecified atom stereocenters. The largest absolute Gasteiger partial charge is 0.462 e. The lowest BCUT2D eigenvalue weighted by Crippen LogP contribution is -2.70. The molecule has 16 heteroatoms. The zero-order valence-electron chi connectivity index (χ0n) is 39.4. The number of carbonyl (C=O) groups excluding carboxylic acids is 5. The molecule has 0 bridgehead atoms. The van der Waals surface area contributed by atoms with Crippen LogP contribution < -0.4 is 5.32 Å². The van der Waals surface area contributed by atoms with Gasteiger partial charge in [-0.2, -0.15) is 0 Å². The first-order valence-electron chi connectivity index (χ1n) is 21.8. The van der Waals surface area contributed by atoms with Crippen molar-refractivity contribution in [3.63, 3.8) is 0 Å². The molecule has 2 aromatic rings. The van der Waals surface area contributed by atoms with Crippen LogP contribution in [0.3, 0.4) is 0 Å². The summed E-state index contributed by atoms with van der Waals surface area (Å²) in [6, 6.07) is 17.5. The quantitative estimate of drug-likeness (QED) is 0.189. The van der Waals surface area contributed by atoms with Gasteiger partial charge in [0, 0.05) is 12.5 Å². The van der Waals surface area contributed by atoms with Crippen molar-refractivity contribution >= 4 is 29.8 Å². The van der Waals surface area contributed by atoms with Crippen LogP contribution in [0.4, 0.5) is 0 Å². The summed E-state index contributed by atoms with van der Waals surface area (Å²) >= 11 is 0. The number of fused-ring (bicyclic) bond motifs is 1. The zero-order valence-corrected chi connectivity index (χ0v) is 39.4. The minimum atomic E-state index is -1.66. The molecule has 3 heterocycles. The van der Waals surface area contributed by atoms with Crippen LogP contribution in [-0.2, 0) is 77.9 Å². The zero-order chi connectivity index (χ0) is 47.4. The Labute approximate surface area is 376 Å². The molecule has 11 atom stereocenters. The van der Waals surface area contributed by atoms with Gasteiger partial charge in [-0.1, -0.05) is 60.7 Å². The first-order valence-corrected chi connectivity index (χ1v) is 21.8. The van der Waals surface area contributed by atoms with Gasteiger partial charge in [-0.3, -0.25) is 24.0 Å². The van der Waals surface area contributed by atoms with Crippen LogP contribution in [-0.4, -0.2) is 104 Å². The van der Waals surface area contributed by atoms with Crippen LogP contribution in [0, 0.1) is 21.7 Å². The third-order valence-corrected chi connectivity index (χ3v) is 10.5. The third kappa shape index (κ3) is 13.1. The molecule has 3 aliphatic heterocycles. The molecule has 3 aliphatic rings. The third-order valence-electron chi connectivity index (χ3n) is 10.5. The highest BCUT2D eigenvalue weighted by molar-refractivity contribution is 5.78. The average Bonchev–Trinajstić information content (AvgIpc) is 3.20. The molecule has 16 nitrogen and oxygen atoms in total. The molecule has 354 valence electrons. The fraction of sp³-hybridized carbons (Fsp3) is 0.646. The summed E-state index contributed by atoms with van der Waals surface area (Å²) in [5.74, 6) is -3.22. The second kappa shape index (κ2) is 20.4. The summed E-state index contributed by atoms with van der Waals surface area (Å²) in [5, 5.41) is 2.94. The van der Waals surface area contributed by atoms with E-state index in [-0.39, 0.29) is 13.2 Å². The second-order valence-electron chi connectivity index (χ2n) is 20.6. The number of esters is 4. The summed E-state index contributed by atoms with van der Waals surface area (Å²) in [6.07, 6.45) is -12.9. The van der Waals surface area contributed by atoms with Gasteiger partial charge in [0.15, 0.2) is 37.2 Å². The fourth-order valence-electron chi connectivity index (χ4n) is 6.75. The maximum absolute atomic E-state index is 14.0. The standard InChI is InChI=1S/C48H67NO15/c1-27(50)49-32-35(33-30(25-56-38(60-33)29-22-18-15-19-23-29)58-39(32)55-24-28-20-16-14-17-21-28)61-40-37(64-44(54)48(11,12)13)36(63-43(53)47(8,9)10)34(62-42(52)46(5,6)7)31(59-40)26-57-41(51)45(2,3)4/h14-23,30-40H,24-26H2,1-13H3,(H,49,50)/t30-,31-,32-,33+,34+,35-,36+,37-,38?,39+,40+/m1/s1. The molecule has 0 aromatic heterocycles. The lowest BCUT2D eigenvalue weighted by molar-refractivity contribution is -0.379. The summed E-state index contributed by atoms with van der Waals surface area (Å²) < 4.78 is 63.8. The maximum Gasteiger partial charge on any atom is 0.311 e. The Hall–Kier alpha value is -4.45. The van der Waals surface area contributed by atoms with Gasteiger partial charge in [0.25, 0.3) is 0 Å². The SMILES string of the molecule is CC(=O)N[C@H]1[C@@H](OCc2ccccc2)O[C@@H]2COC(c3ccccc3)O[C@@H]2[C@@H]1O[C@@H]1O[C@H](COC(=O)C(C)(C)C)[C@H](OC(=O)C(C)(C)C)[C@H](OC(=O)C(C)(C)C)[C@H]1OC(=O)C(C)(C)C. The monoisotopic (exact) mass is 897 g/mol. The van der Waals surface area contributed by atoms with Crippen LogP contribution >= 0.6 is 0 Å². The van der Waals surface area contributed by atoms with Crippen molar-refractivity contribution in [3.8, 4) is 0 Å². The van der Waals surface area contributed by atoms with Crippen LogP contribution in [0.25, 0.3) is 0 Å². The smallest absolute Gasteiger partial charge is 0.311 e. The molecule has 2 aromatic carbocycles. The molecule has 0 aliphatic carbocycles. The molecule has 1 amide bonds. The summed E-state index contributed by atoms with van der Waals surface area (Å²) in [6.45, 7) is 20.7. The predicted molar refractivity (Wildman–Crippen MR) is 229 cm³/mol. The molecule has 1 N–H and O–H groups in total. The summed E-state index contributed by atoms with van der Waals surface area (Å²) in [5.41, 5.74) is -2.70. The van der Waals surface area contributed by atoms with Crippen molar-refractivity contribution in [2.24, 2.45) is 21.7 Å². The topological polar surface area (TPSA) is 190 Å².